The summed E-state index contributed by atoms with van der Waals surface area (Å²) in [4.78, 5) is 35.9. The minimum absolute atomic E-state index is 0.0394. The van der Waals surface area contributed by atoms with Crippen LogP contribution in [0.3, 0.4) is 0 Å². The minimum atomic E-state index is -0.403. The molecule has 2 N–H and O–H groups in total. The van der Waals surface area contributed by atoms with Gasteiger partial charge < -0.3 is 24.5 Å². The first-order valence-corrected chi connectivity index (χ1v) is 10.8. The number of aliphatic hydroxyl groups excluding tert-OH is 1. The zero-order chi connectivity index (χ0) is 21.6. The number of hydrogen-bond acceptors (Lipinski definition) is 5. The van der Waals surface area contributed by atoms with Gasteiger partial charge in [0.05, 0.1) is 0 Å². The van der Waals surface area contributed by atoms with Crippen LogP contribution in [0.1, 0.15) is 19.3 Å². The van der Waals surface area contributed by atoms with Gasteiger partial charge in [0.1, 0.15) is 17.9 Å². The number of hydrogen-bond donors (Lipinski definition) is 2. The van der Waals surface area contributed by atoms with Crippen LogP contribution in [0.25, 0.3) is 22.0 Å². The van der Waals surface area contributed by atoms with Crippen molar-refractivity contribution < 1.29 is 9.90 Å². The molecule has 8 nitrogen and oxygen atoms in total. The number of likely N-dealkylation sites (tertiary alicyclic amines) is 1. The van der Waals surface area contributed by atoms with Crippen molar-refractivity contribution in [3.05, 3.63) is 47.1 Å². The molecule has 0 saturated carbocycles. The van der Waals surface area contributed by atoms with E-state index in [-0.39, 0.29) is 16.9 Å². The number of nitrogens with one attached hydrogen (secondary N) is 1. The normalized spacial score (nSPS) is 18.3. The van der Waals surface area contributed by atoms with Crippen molar-refractivity contribution in [2.24, 2.45) is 12.5 Å². The summed E-state index contributed by atoms with van der Waals surface area (Å²) < 4.78 is 1.60. The molecule has 2 aliphatic heterocycles. The third kappa shape index (κ3) is 3.40. The number of aromatic nitrogens is 3. The van der Waals surface area contributed by atoms with Gasteiger partial charge in [0, 0.05) is 68.3 Å². The Hall–Kier alpha value is -3.13. The van der Waals surface area contributed by atoms with E-state index >= 15 is 0 Å². The molecule has 0 aromatic carbocycles. The second kappa shape index (κ2) is 7.53. The van der Waals surface area contributed by atoms with E-state index in [1.54, 1.807) is 22.7 Å². The van der Waals surface area contributed by atoms with E-state index < -0.39 is 6.61 Å². The van der Waals surface area contributed by atoms with E-state index in [2.05, 4.69) is 22.0 Å². The highest BCUT2D eigenvalue weighted by Crippen LogP contribution is 2.41. The quantitative estimate of drug-likeness (QED) is 0.672. The molecule has 0 atom stereocenters. The van der Waals surface area contributed by atoms with Gasteiger partial charge in [-0.2, -0.15) is 0 Å². The molecule has 2 fully saturated rings. The molecule has 0 radical (unpaired) electrons. The molecule has 1 amide bonds. The summed E-state index contributed by atoms with van der Waals surface area (Å²) in [5.41, 5.74) is 2.76. The molecular weight excluding hydrogens is 394 g/mol. The Kier molecular flexibility index (Phi) is 4.81. The first-order valence-electron chi connectivity index (χ1n) is 10.8. The molecule has 5 rings (SSSR count). The third-order valence-corrected chi connectivity index (χ3v) is 7.03. The topological polar surface area (TPSA) is 94.5 Å². The predicted molar refractivity (Wildman–Crippen MR) is 119 cm³/mol. The summed E-state index contributed by atoms with van der Waals surface area (Å²) in [5, 5.41) is 9.99. The van der Waals surface area contributed by atoms with Gasteiger partial charge in [-0.15, -0.1) is 0 Å². The number of nitrogens with zero attached hydrogens (tertiary/aromatic N) is 4. The molecule has 0 aliphatic carbocycles. The van der Waals surface area contributed by atoms with Crippen molar-refractivity contribution in [1.29, 1.82) is 0 Å². The summed E-state index contributed by atoms with van der Waals surface area (Å²) in [6.45, 7) is 2.95. The van der Waals surface area contributed by atoms with Crippen molar-refractivity contribution in [3.63, 3.8) is 0 Å². The van der Waals surface area contributed by atoms with Crippen molar-refractivity contribution >= 4 is 22.6 Å². The number of amides is 1. The van der Waals surface area contributed by atoms with E-state index in [9.17, 15) is 9.59 Å². The monoisotopic (exact) mass is 421 g/mol. The Balaban J connectivity index is 1.33. The van der Waals surface area contributed by atoms with Gasteiger partial charge in [0.25, 0.3) is 5.56 Å². The standard InChI is InChI=1S/C23H27N5O3/c1-26-13-18(17-4-8-24-21(17)22(26)31)16-2-3-19(25-12-16)28-11-7-23(15-28)5-9-27(10-6-23)20(30)14-29/h2-4,8,12-13,24,29H,5-7,9-11,14-15H2,1H3. The highest BCUT2D eigenvalue weighted by Gasteiger charge is 2.41. The maximum Gasteiger partial charge on any atom is 0.274 e. The molecule has 3 aromatic rings. The number of piperidine rings is 1. The predicted octanol–water partition coefficient (Wildman–Crippen LogP) is 1.74. The summed E-state index contributed by atoms with van der Waals surface area (Å²) in [6, 6.07) is 6.06. The molecular formula is C23H27N5O3. The number of H-pyrrole nitrogens is 1. The van der Waals surface area contributed by atoms with Crippen LogP contribution in [0.4, 0.5) is 5.82 Å². The molecule has 1 spiro atoms. The highest BCUT2D eigenvalue weighted by molar-refractivity contribution is 5.94. The second-order valence-corrected chi connectivity index (χ2v) is 8.84. The first kappa shape index (κ1) is 19.8. The minimum Gasteiger partial charge on any atom is -0.387 e. The zero-order valence-electron chi connectivity index (χ0n) is 17.7. The Morgan fingerprint density at radius 1 is 1.19 bits per heavy atom. The first-order chi connectivity index (χ1) is 15.0. The van der Waals surface area contributed by atoms with Gasteiger partial charge in [-0.25, -0.2) is 4.98 Å². The number of pyridine rings is 2. The van der Waals surface area contributed by atoms with Gasteiger partial charge in [-0.05, 0) is 42.9 Å². The van der Waals surface area contributed by atoms with Crippen LogP contribution in [0.5, 0.6) is 0 Å². The summed E-state index contributed by atoms with van der Waals surface area (Å²) in [6.07, 6.45) is 8.58. The fourth-order valence-electron chi connectivity index (χ4n) is 5.10. The molecule has 2 aliphatic rings. The van der Waals surface area contributed by atoms with Crippen LogP contribution in [0.15, 0.2) is 41.6 Å². The van der Waals surface area contributed by atoms with Crippen molar-refractivity contribution in [1.82, 2.24) is 19.4 Å². The lowest BCUT2D eigenvalue weighted by atomic mass is 9.78. The molecule has 5 heterocycles. The van der Waals surface area contributed by atoms with Crippen LogP contribution in [-0.4, -0.2) is 63.2 Å². The number of anilines is 1. The van der Waals surface area contributed by atoms with Gasteiger partial charge in [-0.1, -0.05) is 0 Å². The smallest absolute Gasteiger partial charge is 0.274 e. The van der Waals surface area contributed by atoms with E-state index in [0.717, 1.165) is 67.8 Å². The second-order valence-electron chi connectivity index (χ2n) is 8.84. The number of aryl methyl sites for hydroxylation is 1. The molecule has 31 heavy (non-hydrogen) atoms. The Labute approximate surface area is 180 Å². The lowest BCUT2D eigenvalue weighted by Gasteiger charge is -2.39. The lowest BCUT2D eigenvalue weighted by Crippen LogP contribution is -2.45. The third-order valence-electron chi connectivity index (χ3n) is 7.03. The fraction of sp³-hybridized carbons (Fsp3) is 0.435. The van der Waals surface area contributed by atoms with Crippen molar-refractivity contribution in [2.45, 2.75) is 19.3 Å². The van der Waals surface area contributed by atoms with Gasteiger partial charge in [0.15, 0.2) is 0 Å². The average Bonchev–Trinajstić information content (AvgIpc) is 3.45. The number of rotatable bonds is 3. The van der Waals surface area contributed by atoms with Gasteiger partial charge >= 0.3 is 0 Å². The molecule has 2 saturated heterocycles. The molecule has 162 valence electrons. The Morgan fingerprint density at radius 3 is 2.68 bits per heavy atom. The van der Waals surface area contributed by atoms with E-state index in [1.165, 1.54) is 0 Å². The van der Waals surface area contributed by atoms with Crippen LogP contribution < -0.4 is 10.5 Å². The van der Waals surface area contributed by atoms with E-state index in [0.29, 0.717) is 5.52 Å². The fourth-order valence-corrected chi connectivity index (χ4v) is 5.10. The largest absolute Gasteiger partial charge is 0.387 e. The Bertz CT molecular complexity index is 1170. The number of carbonyl (C=O) groups excluding carboxylic acids is 1. The maximum atomic E-state index is 12.3. The van der Waals surface area contributed by atoms with Crippen molar-refractivity contribution in [2.75, 3.05) is 37.7 Å². The summed E-state index contributed by atoms with van der Waals surface area (Å²) in [5.74, 6) is 0.793. The molecule has 3 aromatic heterocycles. The van der Waals surface area contributed by atoms with Gasteiger partial charge in [-0.3, -0.25) is 9.59 Å². The Morgan fingerprint density at radius 2 is 1.97 bits per heavy atom. The SMILES string of the molecule is Cn1cc(-c2ccc(N3CCC4(CCN(C(=O)CO)CC4)C3)nc2)c2cc[nH]c2c1=O. The van der Waals surface area contributed by atoms with Gasteiger partial charge in [0.2, 0.25) is 5.91 Å². The summed E-state index contributed by atoms with van der Waals surface area (Å²) >= 11 is 0. The molecule has 0 unspecified atom stereocenters. The zero-order valence-corrected chi connectivity index (χ0v) is 17.7. The average molecular weight is 422 g/mol. The maximum absolute atomic E-state index is 12.3. The lowest BCUT2D eigenvalue weighted by molar-refractivity contribution is -0.136. The van der Waals surface area contributed by atoms with E-state index in [1.807, 2.05) is 18.5 Å². The number of fused-ring (bicyclic) bond motifs is 1. The highest BCUT2D eigenvalue weighted by atomic mass is 16.3. The summed E-state index contributed by atoms with van der Waals surface area (Å²) in [7, 11) is 1.76. The molecule has 0 bridgehead atoms. The number of aromatic amines is 1. The van der Waals surface area contributed by atoms with Crippen LogP contribution in [0, 0.1) is 5.41 Å². The van der Waals surface area contributed by atoms with E-state index in [4.69, 9.17) is 10.1 Å². The van der Waals surface area contributed by atoms with Crippen LogP contribution in [0.2, 0.25) is 0 Å². The number of aliphatic hydroxyl groups is 1. The van der Waals surface area contributed by atoms with Crippen LogP contribution >= 0.6 is 0 Å². The van der Waals surface area contributed by atoms with Crippen molar-refractivity contribution in [3.8, 4) is 11.1 Å². The van der Waals surface area contributed by atoms with Crippen LogP contribution in [-0.2, 0) is 11.8 Å². The molecule has 8 heteroatoms. The number of carbonyl (C=O) groups is 1.